The van der Waals surface area contributed by atoms with Gasteiger partial charge >= 0.3 is 18.0 Å². The first-order valence-electron chi connectivity index (χ1n) is 8.40. The van der Waals surface area contributed by atoms with Crippen molar-refractivity contribution < 1.29 is 29.1 Å². The first kappa shape index (κ1) is 22.7. The van der Waals surface area contributed by atoms with Crippen LogP contribution in [0, 0.1) is 11.3 Å². The maximum atomic E-state index is 12.2. The Labute approximate surface area is 148 Å². The quantitative estimate of drug-likeness (QED) is 0.295. The van der Waals surface area contributed by atoms with Crippen LogP contribution in [-0.2, 0) is 19.2 Å². The predicted molar refractivity (Wildman–Crippen MR) is 90.8 cm³/mol. The maximum Gasteiger partial charge on any atom is 0.451 e. The number of hydroxylamine groups is 2. The number of guanidine groups is 1. The van der Waals surface area contributed by atoms with E-state index >= 15 is 0 Å². The summed E-state index contributed by atoms with van der Waals surface area (Å²) in [6.45, 7) is 6.99. The van der Waals surface area contributed by atoms with E-state index in [1.165, 1.54) is 7.05 Å². The molecule has 0 aliphatic carbocycles. The standard InChI is InChI=1S/C16H29N3O6/c1-6-8-10-24-16(23)19(25-14(22)11(3)4)15(17)18(5)12(9-7-2)13(20)21/h11-12,17H,6-10H2,1-5H3,(H,20,21). The van der Waals surface area contributed by atoms with Gasteiger partial charge in [0.1, 0.15) is 6.04 Å². The van der Waals surface area contributed by atoms with E-state index in [9.17, 15) is 19.5 Å². The van der Waals surface area contributed by atoms with Gasteiger partial charge in [0.25, 0.3) is 0 Å². The summed E-state index contributed by atoms with van der Waals surface area (Å²) in [7, 11) is 1.35. The van der Waals surface area contributed by atoms with Gasteiger partial charge in [-0.25, -0.2) is 14.4 Å². The number of hydrogen-bond donors (Lipinski definition) is 2. The Morgan fingerprint density at radius 1 is 1.16 bits per heavy atom. The summed E-state index contributed by atoms with van der Waals surface area (Å²) >= 11 is 0. The molecule has 0 radical (unpaired) electrons. The number of nitrogens with one attached hydrogen (secondary N) is 1. The highest BCUT2D eigenvalue weighted by Gasteiger charge is 2.33. The lowest BCUT2D eigenvalue weighted by Crippen LogP contribution is -2.52. The van der Waals surface area contributed by atoms with Crippen LogP contribution >= 0.6 is 0 Å². The summed E-state index contributed by atoms with van der Waals surface area (Å²) in [5, 5.41) is 17.8. The molecule has 0 aromatic carbocycles. The van der Waals surface area contributed by atoms with Crippen LogP contribution in [0.5, 0.6) is 0 Å². The molecule has 0 heterocycles. The average molecular weight is 359 g/mol. The maximum absolute atomic E-state index is 12.2. The Morgan fingerprint density at radius 3 is 2.20 bits per heavy atom. The van der Waals surface area contributed by atoms with E-state index in [0.29, 0.717) is 17.9 Å². The molecule has 0 aliphatic heterocycles. The van der Waals surface area contributed by atoms with Gasteiger partial charge in [-0.3, -0.25) is 5.41 Å². The number of hydrogen-bond acceptors (Lipinski definition) is 6. The van der Waals surface area contributed by atoms with Crippen molar-refractivity contribution in [1.29, 1.82) is 5.41 Å². The summed E-state index contributed by atoms with van der Waals surface area (Å²) in [6.07, 6.45) is 1.23. The smallest absolute Gasteiger partial charge is 0.451 e. The summed E-state index contributed by atoms with van der Waals surface area (Å²) in [5.41, 5.74) is 0. The molecule has 9 heteroatoms. The molecule has 0 aromatic rings. The number of likely N-dealkylation sites (N-methyl/N-ethyl adjacent to an activating group) is 1. The van der Waals surface area contributed by atoms with E-state index in [-0.39, 0.29) is 13.0 Å². The van der Waals surface area contributed by atoms with Crippen molar-refractivity contribution in [2.24, 2.45) is 5.92 Å². The first-order valence-corrected chi connectivity index (χ1v) is 8.40. The van der Waals surface area contributed by atoms with Crippen LogP contribution in [-0.4, -0.2) is 58.8 Å². The van der Waals surface area contributed by atoms with Gasteiger partial charge in [0.05, 0.1) is 12.5 Å². The average Bonchev–Trinajstić information content (AvgIpc) is 2.55. The highest BCUT2D eigenvalue weighted by atomic mass is 16.8. The van der Waals surface area contributed by atoms with Crippen molar-refractivity contribution in [3.05, 3.63) is 0 Å². The molecule has 0 saturated carbocycles. The topological polar surface area (TPSA) is 120 Å². The van der Waals surface area contributed by atoms with Crippen molar-refractivity contribution in [3.63, 3.8) is 0 Å². The molecule has 1 atom stereocenters. The molecular weight excluding hydrogens is 330 g/mol. The van der Waals surface area contributed by atoms with Crippen molar-refractivity contribution in [1.82, 2.24) is 9.96 Å². The van der Waals surface area contributed by atoms with Crippen LogP contribution in [0.3, 0.4) is 0 Å². The molecule has 0 rings (SSSR count). The van der Waals surface area contributed by atoms with Crippen LogP contribution in [0.1, 0.15) is 53.4 Å². The molecule has 0 aliphatic rings. The monoisotopic (exact) mass is 359 g/mol. The fourth-order valence-electron chi connectivity index (χ4n) is 1.77. The van der Waals surface area contributed by atoms with Gasteiger partial charge in [-0.15, -0.1) is 0 Å². The minimum atomic E-state index is -1.14. The molecule has 0 saturated heterocycles. The Hall–Kier alpha value is -2.32. The SMILES string of the molecule is CCCCOC(=O)N(OC(=O)C(C)C)C(=N)N(C)C(CCC)C(=O)O. The zero-order valence-electron chi connectivity index (χ0n) is 15.6. The zero-order chi connectivity index (χ0) is 19.6. The number of amides is 1. The van der Waals surface area contributed by atoms with Crippen molar-refractivity contribution in [2.45, 2.75) is 59.4 Å². The van der Waals surface area contributed by atoms with Gasteiger partial charge in [0.15, 0.2) is 0 Å². The fourth-order valence-corrected chi connectivity index (χ4v) is 1.77. The van der Waals surface area contributed by atoms with Crippen molar-refractivity contribution in [2.75, 3.05) is 13.7 Å². The van der Waals surface area contributed by atoms with Crippen LogP contribution in [0.25, 0.3) is 0 Å². The number of rotatable bonds is 8. The number of carboxylic acids is 1. The zero-order valence-corrected chi connectivity index (χ0v) is 15.6. The van der Waals surface area contributed by atoms with Crippen LogP contribution < -0.4 is 0 Å². The lowest BCUT2D eigenvalue weighted by atomic mass is 10.1. The van der Waals surface area contributed by atoms with Gasteiger partial charge in [0.2, 0.25) is 5.96 Å². The van der Waals surface area contributed by atoms with Crippen molar-refractivity contribution >= 4 is 24.0 Å². The number of nitrogens with zero attached hydrogens (tertiary/aromatic N) is 2. The second kappa shape index (κ2) is 11.3. The lowest BCUT2D eigenvalue weighted by molar-refractivity contribution is -0.173. The third kappa shape index (κ3) is 7.40. The van der Waals surface area contributed by atoms with E-state index in [2.05, 4.69) is 0 Å². The Kier molecular flexibility index (Phi) is 10.2. The number of unbranched alkanes of at least 4 members (excludes halogenated alkanes) is 1. The minimum absolute atomic E-state index is 0.110. The van der Waals surface area contributed by atoms with Crippen LogP contribution in [0.2, 0.25) is 0 Å². The molecule has 0 bridgehead atoms. The highest BCUT2D eigenvalue weighted by Crippen LogP contribution is 2.11. The molecule has 25 heavy (non-hydrogen) atoms. The molecule has 0 aromatic heterocycles. The summed E-state index contributed by atoms with van der Waals surface area (Å²) in [4.78, 5) is 41.4. The fraction of sp³-hybridized carbons (Fsp3) is 0.750. The van der Waals surface area contributed by atoms with E-state index < -0.39 is 36.0 Å². The summed E-state index contributed by atoms with van der Waals surface area (Å²) in [5.74, 6) is -2.97. The minimum Gasteiger partial charge on any atom is -0.480 e. The highest BCUT2D eigenvalue weighted by molar-refractivity contribution is 5.94. The van der Waals surface area contributed by atoms with E-state index in [4.69, 9.17) is 15.0 Å². The second-order valence-corrected chi connectivity index (χ2v) is 5.90. The summed E-state index contributed by atoms with van der Waals surface area (Å²) in [6, 6.07) is -1.03. The van der Waals surface area contributed by atoms with Gasteiger partial charge in [-0.05, 0) is 12.8 Å². The Morgan fingerprint density at radius 2 is 1.76 bits per heavy atom. The number of carbonyl (C=O) groups is 3. The van der Waals surface area contributed by atoms with E-state index in [1.807, 2.05) is 13.8 Å². The third-order valence-corrected chi connectivity index (χ3v) is 3.38. The van der Waals surface area contributed by atoms with Gasteiger partial charge in [-0.1, -0.05) is 45.6 Å². The molecule has 0 fully saturated rings. The molecule has 2 N–H and O–H groups in total. The lowest BCUT2D eigenvalue weighted by Gasteiger charge is -2.31. The number of ether oxygens (including phenoxy) is 1. The molecule has 1 unspecified atom stereocenters. The molecule has 9 nitrogen and oxygen atoms in total. The summed E-state index contributed by atoms with van der Waals surface area (Å²) < 4.78 is 4.99. The molecule has 1 amide bonds. The number of carboxylic acid groups (broad SMARTS) is 1. The van der Waals surface area contributed by atoms with Crippen LogP contribution in [0.15, 0.2) is 0 Å². The van der Waals surface area contributed by atoms with Gasteiger partial charge < -0.3 is 19.6 Å². The molecule has 144 valence electrons. The van der Waals surface area contributed by atoms with Gasteiger partial charge in [0, 0.05) is 7.05 Å². The third-order valence-electron chi connectivity index (χ3n) is 3.38. The van der Waals surface area contributed by atoms with Gasteiger partial charge in [-0.2, -0.15) is 0 Å². The van der Waals surface area contributed by atoms with E-state index in [1.54, 1.807) is 13.8 Å². The normalized spacial score (nSPS) is 11.6. The Bertz CT molecular complexity index is 480. The second-order valence-electron chi connectivity index (χ2n) is 5.90. The van der Waals surface area contributed by atoms with Crippen molar-refractivity contribution in [3.8, 4) is 0 Å². The number of aliphatic carboxylic acids is 1. The van der Waals surface area contributed by atoms with Crippen LogP contribution in [0.4, 0.5) is 4.79 Å². The predicted octanol–water partition coefficient (Wildman–Crippen LogP) is 2.46. The van der Waals surface area contributed by atoms with E-state index in [0.717, 1.165) is 11.3 Å². The first-order chi connectivity index (χ1) is 11.7. The number of carbonyl (C=O) groups excluding carboxylic acids is 2. The Balaban J connectivity index is 5.33. The molecular formula is C16H29N3O6. The largest absolute Gasteiger partial charge is 0.480 e. The molecule has 0 spiro atoms.